The summed E-state index contributed by atoms with van der Waals surface area (Å²) in [6, 6.07) is 24.9. The van der Waals surface area contributed by atoms with Gasteiger partial charge in [-0.15, -0.1) is 0 Å². The molecular weight excluding hydrogens is 402 g/mol. The van der Waals surface area contributed by atoms with Crippen LogP contribution in [0.25, 0.3) is 0 Å². The first-order valence-corrected chi connectivity index (χ1v) is 9.71. The SMILES string of the molecule is CC(NC(=O)CC(c1ccccc1)c1cc(Br)ccc1O)c1ccccc1. The lowest BCUT2D eigenvalue weighted by Gasteiger charge is -2.21. The van der Waals surface area contributed by atoms with Gasteiger partial charge in [-0.3, -0.25) is 4.79 Å². The van der Waals surface area contributed by atoms with Crippen molar-refractivity contribution >= 4 is 21.8 Å². The molecule has 2 unspecified atom stereocenters. The molecule has 0 aliphatic heterocycles. The number of nitrogens with one attached hydrogen (secondary N) is 1. The Morgan fingerprint density at radius 1 is 0.963 bits per heavy atom. The lowest BCUT2D eigenvalue weighted by molar-refractivity contribution is -0.121. The van der Waals surface area contributed by atoms with Crippen molar-refractivity contribution in [1.29, 1.82) is 0 Å². The number of rotatable bonds is 6. The topological polar surface area (TPSA) is 49.3 Å². The molecule has 0 saturated carbocycles. The van der Waals surface area contributed by atoms with E-state index in [-0.39, 0.29) is 30.0 Å². The number of phenols is 1. The van der Waals surface area contributed by atoms with Crippen LogP contribution in [0.1, 0.15) is 42.0 Å². The van der Waals surface area contributed by atoms with Crippen LogP contribution in [0.2, 0.25) is 0 Å². The molecule has 3 nitrogen and oxygen atoms in total. The lowest BCUT2D eigenvalue weighted by Crippen LogP contribution is -2.28. The molecule has 2 atom stereocenters. The van der Waals surface area contributed by atoms with Gasteiger partial charge in [0.15, 0.2) is 0 Å². The Morgan fingerprint density at radius 2 is 1.56 bits per heavy atom. The number of carbonyl (C=O) groups is 1. The van der Waals surface area contributed by atoms with Gasteiger partial charge in [0.2, 0.25) is 5.91 Å². The van der Waals surface area contributed by atoms with Gasteiger partial charge in [0.25, 0.3) is 0 Å². The molecule has 0 bridgehead atoms. The molecule has 0 saturated heterocycles. The summed E-state index contributed by atoms with van der Waals surface area (Å²) in [4.78, 5) is 12.8. The second-order valence-electron chi connectivity index (χ2n) is 6.57. The van der Waals surface area contributed by atoms with E-state index in [1.54, 1.807) is 12.1 Å². The smallest absolute Gasteiger partial charge is 0.221 e. The van der Waals surface area contributed by atoms with E-state index in [0.29, 0.717) is 0 Å². The van der Waals surface area contributed by atoms with E-state index in [0.717, 1.165) is 21.2 Å². The summed E-state index contributed by atoms with van der Waals surface area (Å²) in [6.07, 6.45) is 0.255. The normalized spacial score (nSPS) is 13.0. The molecule has 3 aromatic carbocycles. The monoisotopic (exact) mass is 423 g/mol. The summed E-state index contributed by atoms with van der Waals surface area (Å²) >= 11 is 3.46. The summed E-state index contributed by atoms with van der Waals surface area (Å²) in [6.45, 7) is 1.97. The number of hydrogen-bond acceptors (Lipinski definition) is 2. The Hall–Kier alpha value is -2.59. The highest BCUT2D eigenvalue weighted by Crippen LogP contribution is 2.35. The highest BCUT2D eigenvalue weighted by atomic mass is 79.9. The fourth-order valence-electron chi connectivity index (χ4n) is 3.21. The minimum Gasteiger partial charge on any atom is -0.508 e. The molecule has 0 spiro atoms. The van der Waals surface area contributed by atoms with E-state index in [2.05, 4.69) is 21.2 Å². The van der Waals surface area contributed by atoms with Gasteiger partial charge in [-0.1, -0.05) is 76.6 Å². The summed E-state index contributed by atoms with van der Waals surface area (Å²) in [5.74, 6) is -0.0952. The van der Waals surface area contributed by atoms with Crippen molar-refractivity contribution in [2.45, 2.75) is 25.3 Å². The van der Waals surface area contributed by atoms with E-state index in [9.17, 15) is 9.90 Å². The fraction of sp³-hybridized carbons (Fsp3) is 0.174. The molecule has 0 heterocycles. The molecule has 27 heavy (non-hydrogen) atoms. The largest absolute Gasteiger partial charge is 0.508 e. The Morgan fingerprint density at radius 3 is 2.19 bits per heavy atom. The van der Waals surface area contributed by atoms with Crippen molar-refractivity contribution in [2.75, 3.05) is 0 Å². The first-order valence-electron chi connectivity index (χ1n) is 8.92. The van der Waals surface area contributed by atoms with E-state index in [4.69, 9.17) is 0 Å². The molecule has 2 N–H and O–H groups in total. The van der Waals surface area contributed by atoms with Crippen molar-refractivity contribution in [3.8, 4) is 5.75 Å². The predicted molar refractivity (Wildman–Crippen MR) is 112 cm³/mol. The second kappa shape index (κ2) is 8.87. The highest BCUT2D eigenvalue weighted by molar-refractivity contribution is 9.10. The van der Waals surface area contributed by atoms with Crippen LogP contribution < -0.4 is 5.32 Å². The zero-order chi connectivity index (χ0) is 19.2. The molecule has 0 aliphatic rings. The third-order valence-electron chi connectivity index (χ3n) is 4.63. The molecule has 0 aromatic heterocycles. The van der Waals surface area contributed by atoms with Crippen LogP contribution in [0.5, 0.6) is 5.75 Å². The van der Waals surface area contributed by atoms with Gasteiger partial charge >= 0.3 is 0 Å². The molecule has 3 aromatic rings. The van der Waals surface area contributed by atoms with Gasteiger partial charge < -0.3 is 10.4 Å². The van der Waals surface area contributed by atoms with Crippen LogP contribution in [-0.4, -0.2) is 11.0 Å². The second-order valence-corrected chi connectivity index (χ2v) is 7.49. The van der Waals surface area contributed by atoms with E-state index < -0.39 is 0 Å². The van der Waals surface area contributed by atoms with Gasteiger partial charge in [0, 0.05) is 22.4 Å². The van der Waals surface area contributed by atoms with Gasteiger partial charge in [-0.25, -0.2) is 0 Å². The molecule has 0 aliphatic carbocycles. The van der Waals surface area contributed by atoms with Crippen molar-refractivity contribution in [3.63, 3.8) is 0 Å². The summed E-state index contributed by atoms with van der Waals surface area (Å²) in [5.41, 5.74) is 2.79. The molecule has 1 amide bonds. The number of hydrogen-bond donors (Lipinski definition) is 2. The van der Waals surface area contributed by atoms with Gasteiger partial charge in [-0.05, 0) is 36.2 Å². The van der Waals surface area contributed by atoms with Crippen LogP contribution in [0.4, 0.5) is 0 Å². The zero-order valence-corrected chi connectivity index (χ0v) is 16.7. The standard InChI is InChI=1S/C23H22BrNO2/c1-16(17-8-4-2-5-9-17)25-23(27)15-20(18-10-6-3-7-11-18)21-14-19(24)12-13-22(21)26/h2-14,16,20,26H,15H2,1H3,(H,25,27). The Balaban J connectivity index is 1.83. The van der Waals surface area contributed by atoms with Gasteiger partial charge in [-0.2, -0.15) is 0 Å². The van der Waals surface area contributed by atoms with Crippen molar-refractivity contribution in [3.05, 3.63) is 100 Å². The predicted octanol–water partition coefficient (Wildman–Crippen LogP) is 5.55. The Labute approximate surface area is 168 Å². The number of amides is 1. The average Bonchev–Trinajstić information content (AvgIpc) is 2.69. The summed E-state index contributed by atoms with van der Waals surface area (Å²) < 4.78 is 0.870. The molecule has 0 radical (unpaired) electrons. The third kappa shape index (κ3) is 4.98. The number of phenolic OH excluding ortho intramolecular Hbond substituents is 1. The molecular formula is C23H22BrNO2. The van der Waals surface area contributed by atoms with Crippen molar-refractivity contribution in [2.24, 2.45) is 0 Å². The first-order chi connectivity index (χ1) is 13.0. The zero-order valence-electron chi connectivity index (χ0n) is 15.1. The minimum atomic E-state index is -0.230. The maximum Gasteiger partial charge on any atom is 0.221 e. The Bertz CT molecular complexity index is 897. The lowest BCUT2D eigenvalue weighted by atomic mass is 9.87. The van der Waals surface area contributed by atoms with Crippen LogP contribution >= 0.6 is 15.9 Å². The maximum atomic E-state index is 12.8. The highest BCUT2D eigenvalue weighted by Gasteiger charge is 2.22. The minimum absolute atomic E-state index is 0.0559. The van der Waals surface area contributed by atoms with E-state index >= 15 is 0 Å². The van der Waals surface area contributed by atoms with Crippen LogP contribution in [0.3, 0.4) is 0 Å². The van der Waals surface area contributed by atoms with Crippen LogP contribution in [0.15, 0.2) is 83.3 Å². The number of carbonyl (C=O) groups excluding carboxylic acids is 1. The van der Waals surface area contributed by atoms with Crippen molar-refractivity contribution < 1.29 is 9.90 Å². The number of benzene rings is 3. The first kappa shape index (κ1) is 19.2. The van der Waals surface area contributed by atoms with Crippen LogP contribution in [0, 0.1) is 0 Å². The molecule has 4 heteroatoms. The molecule has 3 rings (SSSR count). The number of aromatic hydroxyl groups is 1. The average molecular weight is 424 g/mol. The summed E-state index contributed by atoms with van der Waals surface area (Å²) in [7, 11) is 0. The maximum absolute atomic E-state index is 12.8. The molecule has 0 fully saturated rings. The van der Waals surface area contributed by atoms with Gasteiger partial charge in [0.1, 0.15) is 5.75 Å². The van der Waals surface area contributed by atoms with Crippen LogP contribution in [-0.2, 0) is 4.79 Å². The quantitative estimate of drug-likeness (QED) is 0.545. The Kier molecular flexibility index (Phi) is 6.30. The number of halogens is 1. The summed E-state index contributed by atoms with van der Waals surface area (Å²) in [5, 5.41) is 13.5. The fourth-order valence-corrected chi connectivity index (χ4v) is 3.59. The molecule has 138 valence electrons. The van der Waals surface area contributed by atoms with E-state index in [1.807, 2.05) is 73.7 Å². The third-order valence-corrected chi connectivity index (χ3v) is 5.13. The van der Waals surface area contributed by atoms with E-state index in [1.165, 1.54) is 0 Å². The van der Waals surface area contributed by atoms with Gasteiger partial charge in [0.05, 0.1) is 6.04 Å². The van der Waals surface area contributed by atoms with Crippen molar-refractivity contribution in [1.82, 2.24) is 5.32 Å².